The molecule has 240 valence electrons. The van der Waals surface area contributed by atoms with Gasteiger partial charge in [0.1, 0.15) is 17.5 Å². The summed E-state index contributed by atoms with van der Waals surface area (Å²) in [4.78, 5) is 42.8. The molecule has 6 rings (SSSR count). The molecule has 2 fully saturated rings. The maximum atomic E-state index is 14.8. The van der Waals surface area contributed by atoms with Gasteiger partial charge in [0.15, 0.2) is 5.65 Å². The van der Waals surface area contributed by atoms with E-state index in [1.165, 1.54) is 6.07 Å². The van der Waals surface area contributed by atoms with E-state index < -0.39 is 23.0 Å². The van der Waals surface area contributed by atoms with Gasteiger partial charge in [0.05, 0.1) is 17.3 Å². The van der Waals surface area contributed by atoms with Gasteiger partial charge in [-0.2, -0.15) is 5.10 Å². The Morgan fingerprint density at radius 2 is 1.98 bits per heavy atom. The van der Waals surface area contributed by atoms with Crippen LogP contribution in [0.15, 0.2) is 48.7 Å². The SMILES string of the molecule is CCc1nc2c(cnn2CC)c(NC2CCOCC2)c1CC1CC1(C(N)=O)C(=O)NCc1ccc(F)c(-c2cccc(C=O)c2)c1. The van der Waals surface area contributed by atoms with E-state index in [1.807, 2.05) is 17.8 Å². The lowest BCUT2D eigenvalue weighted by Gasteiger charge is -2.27. The monoisotopic (exact) mass is 626 g/mol. The topological polar surface area (TPSA) is 141 Å². The maximum Gasteiger partial charge on any atom is 0.236 e. The maximum absolute atomic E-state index is 14.8. The van der Waals surface area contributed by atoms with Crippen molar-refractivity contribution in [1.82, 2.24) is 20.1 Å². The average molecular weight is 627 g/mol. The number of rotatable bonds is 12. The van der Waals surface area contributed by atoms with Gasteiger partial charge in [-0.05, 0) is 79.8 Å². The van der Waals surface area contributed by atoms with Crippen molar-refractivity contribution in [2.45, 2.75) is 65.1 Å². The molecule has 2 aromatic heterocycles. The summed E-state index contributed by atoms with van der Waals surface area (Å²) in [6.45, 7) is 6.22. The van der Waals surface area contributed by atoms with Crippen LogP contribution in [0.3, 0.4) is 0 Å². The number of ether oxygens (including phenoxy) is 1. The number of nitrogens with zero attached hydrogens (tertiary/aromatic N) is 3. The number of aromatic nitrogens is 3. The normalized spacial score (nSPS) is 19.6. The highest BCUT2D eigenvalue weighted by Gasteiger charge is 2.64. The summed E-state index contributed by atoms with van der Waals surface area (Å²) in [6.07, 6.45) is 5.75. The van der Waals surface area contributed by atoms with Gasteiger partial charge in [-0.15, -0.1) is 0 Å². The van der Waals surface area contributed by atoms with Crippen molar-refractivity contribution in [3.63, 3.8) is 0 Å². The number of pyridine rings is 1. The van der Waals surface area contributed by atoms with Crippen LogP contribution >= 0.6 is 0 Å². The first kappa shape index (κ1) is 31.3. The van der Waals surface area contributed by atoms with E-state index in [0.717, 1.165) is 40.8 Å². The Labute approximate surface area is 266 Å². The minimum absolute atomic E-state index is 0.0850. The van der Waals surface area contributed by atoms with Gasteiger partial charge in [0, 0.05) is 49.2 Å². The third kappa shape index (κ3) is 5.87. The smallest absolute Gasteiger partial charge is 0.236 e. The zero-order valence-electron chi connectivity index (χ0n) is 26.1. The number of halogens is 1. The van der Waals surface area contributed by atoms with Crippen molar-refractivity contribution in [3.8, 4) is 11.1 Å². The molecule has 11 heteroatoms. The average Bonchev–Trinajstić information content (AvgIpc) is 3.67. The summed E-state index contributed by atoms with van der Waals surface area (Å²) >= 11 is 0. The fraction of sp³-hybridized carbons (Fsp3) is 0.400. The Bertz CT molecular complexity index is 1800. The largest absolute Gasteiger partial charge is 0.381 e. The van der Waals surface area contributed by atoms with Gasteiger partial charge < -0.3 is 21.1 Å². The highest BCUT2D eigenvalue weighted by Crippen LogP contribution is 2.55. The molecule has 4 aromatic rings. The predicted octanol–water partition coefficient (Wildman–Crippen LogP) is 4.57. The molecule has 0 radical (unpaired) electrons. The summed E-state index contributed by atoms with van der Waals surface area (Å²) in [5, 5.41) is 12.1. The first-order valence-corrected chi connectivity index (χ1v) is 15.9. The molecule has 2 unspecified atom stereocenters. The second-order valence-electron chi connectivity index (χ2n) is 12.2. The van der Waals surface area contributed by atoms with Crippen LogP contribution in [0.25, 0.3) is 22.2 Å². The Hall–Kier alpha value is -4.64. The molecule has 2 atom stereocenters. The van der Waals surface area contributed by atoms with Crippen LogP contribution in [-0.4, -0.2) is 52.1 Å². The molecule has 4 N–H and O–H groups in total. The first-order valence-electron chi connectivity index (χ1n) is 15.9. The lowest BCUT2D eigenvalue weighted by Crippen LogP contribution is -2.42. The fourth-order valence-electron chi connectivity index (χ4n) is 6.67. The number of carbonyl (C=O) groups excluding carboxylic acids is 3. The number of fused-ring (bicyclic) bond motifs is 1. The molecule has 3 heterocycles. The summed E-state index contributed by atoms with van der Waals surface area (Å²) < 4.78 is 22.2. The van der Waals surface area contributed by atoms with Gasteiger partial charge in [-0.3, -0.25) is 14.4 Å². The summed E-state index contributed by atoms with van der Waals surface area (Å²) in [5.41, 5.74) is 10.2. The highest BCUT2D eigenvalue weighted by molar-refractivity contribution is 6.08. The lowest BCUT2D eigenvalue weighted by atomic mass is 9.94. The number of aldehydes is 1. The number of amides is 2. The Kier molecular flexibility index (Phi) is 8.86. The number of anilines is 1. The molecule has 46 heavy (non-hydrogen) atoms. The van der Waals surface area contributed by atoms with Crippen LogP contribution in [0, 0.1) is 17.2 Å². The minimum Gasteiger partial charge on any atom is -0.381 e. The van der Waals surface area contributed by atoms with Crippen LogP contribution in [0.5, 0.6) is 0 Å². The molecular formula is C35H39FN6O4. The van der Waals surface area contributed by atoms with Gasteiger partial charge in [-0.1, -0.05) is 31.2 Å². The van der Waals surface area contributed by atoms with E-state index in [9.17, 15) is 18.8 Å². The standard InChI is InChI=1S/C35H39FN6O4/c1-3-30-27(31(40-25-10-12-46-13-11-25)28-19-39-42(4-2)32(28)41-30)16-24-17-35(24,33(37)44)34(45)38-18-21-8-9-29(36)26(15-21)23-7-5-6-22(14-23)20-43/h5-9,14-15,19-20,24-25H,3-4,10-13,16-18H2,1-2H3,(H2,37,44)(H,38,45)(H,40,41). The van der Waals surface area contributed by atoms with Crippen molar-refractivity contribution in [1.29, 1.82) is 0 Å². The number of hydrogen-bond donors (Lipinski definition) is 3. The highest BCUT2D eigenvalue weighted by atomic mass is 19.1. The molecule has 1 aliphatic carbocycles. The number of carbonyl (C=O) groups is 3. The predicted molar refractivity (Wildman–Crippen MR) is 173 cm³/mol. The zero-order valence-corrected chi connectivity index (χ0v) is 26.1. The minimum atomic E-state index is -1.36. The summed E-state index contributed by atoms with van der Waals surface area (Å²) in [7, 11) is 0. The molecule has 2 aromatic carbocycles. The van der Waals surface area contributed by atoms with Crippen LogP contribution in [0.4, 0.5) is 10.1 Å². The Morgan fingerprint density at radius 3 is 2.70 bits per heavy atom. The second-order valence-corrected chi connectivity index (χ2v) is 12.2. The van der Waals surface area contributed by atoms with Crippen molar-refractivity contribution >= 4 is 34.8 Å². The van der Waals surface area contributed by atoms with Crippen molar-refractivity contribution in [3.05, 3.63) is 76.9 Å². The van der Waals surface area contributed by atoms with E-state index >= 15 is 0 Å². The molecule has 1 saturated heterocycles. The van der Waals surface area contributed by atoms with E-state index in [1.54, 1.807) is 36.4 Å². The lowest BCUT2D eigenvalue weighted by molar-refractivity contribution is -0.136. The third-order valence-electron chi connectivity index (χ3n) is 9.39. The van der Waals surface area contributed by atoms with E-state index in [-0.39, 0.29) is 18.5 Å². The van der Waals surface area contributed by atoms with E-state index in [2.05, 4.69) is 22.7 Å². The molecule has 1 aliphatic heterocycles. The summed E-state index contributed by atoms with van der Waals surface area (Å²) in [6, 6.07) is 11.4. The Morgan fingerprint density at radius 1 is 1.17 bits per heavy atom. The van der Waals surface area contributed by atoms with Gasteiger partial charge >= 0.3 is 0 Å². The van der Waals surface area contributed by atoms with E-state index in [0.29, 0.717) is 67.6 Å². The van der Waals surface area contributed by atoms with Gasteiger partial charge in [0.25, 0.3) is 0 Å². The zero-order chi connectivity index (χ0) is 32.4. The molecular weight excluding hydrogens is 587 g/mol. The molecule has 1 saturated carbocycles. The van der Waals surface area contributed by atoms with Crippen LogP contribution in [-0.2, 0) is 40.3 Å². The van der Waals surface area contributed by atoms with Gasteiger partial charge in [-0.25, -0.2) is 14.1 Å². The quantitative estimate of drug-likeness (QED) is 0.155. The van der Waals surface area contributed by atoms with E-state index in [4.69, 9.17) is 15.5 Å². The number of benzene rings is 2. The van der Waals surface area contributed by atoms with Crippen LogP contribution in [0.2, 0.25) is 0 Å². The molecule has 10 nitrogen and oxygen atoms in total. The molecule has 0 spiro atoms. The number of hydrogen-bond acceptors (Lipinski definition) is 7. The first-order chi connectivity index (χ1) is 22.3. The van der Waals surface area contributed by atoms with Crippen LogP contribution < -0.4 is 16.4 Å². The number of primary amides is 1. The number of nitrogens with two attached hydrogens (primary N) is 1. The van der Waals surface area contributed by atoms with Crippen molar-refractivity contribution in [2.24, 2.45) is 17.1 Å². The van der Waals surface area contributed by atoms with Crippen molar-refractivity contribution < 1.29 is 23.5 Å². The number of aryl methyl sites for hydroxylation is 2. The molecule has 2 aliphatic rings. The van der Waals surface area contributed by atoms with Gasteiger partial charge in [0.2, 0.25) is 11.8 Å². The number of nitrogens with one attached hydrogen (secondary N) is 2. The second kappa shape index (κ2) is 13.0. The van der Waals surface area contributed by atoms with Crippen LogP contribution in [0.1, 0.15) is 60.3 Å². The Balaban J connectivity index is 1.25. The third-order valence-corrected chi connectivity index (χ3v) is 9.39. The van der Waals surface area contributed by atoms with Crippen molar-refractivity contribution in [2.75, 3.05) is 18.5 Å². The molecule has 2 amide bonds. The summed E-state index contributed by atoms with van der Waals surface area (Å²) in [5.74, 6) is -1.85. The molecule has 0 bridgehead atoms. The fourth-order valence-corrected chi connectivity index (χ4v) is 6.67.